The predicted molar refractivity (Wildman–Crippen MR) is 64.3 cm³/mol. The summed E-state index contributed by atoms with van der Waals surface area (Å²) in [5.74, 6) is -0.516. The fourth-order valence-corrected chi connectivity index (χ4v) is 1.20. The Kier molecular flexibility index (Phi) is 4.81. The van der Waals surface area contributed by atoms with Crippen LogP contribution in [-0.4, -0.2) is 5.97 Å². The van der Waals surface area contributed by atoms with E-state index in [1.54, 1.807) is 6.92 Å². The van der Waals surface area contributed by atoms with Gasteiger partial charge in [0.25, 0.3) is 0 Å². The van der Waals surface area contributed by atoms with Gasteiger partial charge in [-0.1, -0.05) is 36.9 Å². The zero-order valence-corrected chi connectivity index (χ0v) is 9.64. The summed E-state index contributed by atoms with van der Waals surface area (Å²) in [6.45, 7) is 5.50. The van der Waals surface area contributed by atoms with Crippen LogP contribution in [0.5, 0.6) is 0 Å². The van der Waals surface area contributed by atoms with E-state index in [1.807, 2.05) is 30.3 Å². The van der Waals surface area contributed by atoms with Crippen LogP contribution in [-0.2, 0) is 16.1 Å². The molecule has 0 bridgehead atoms. The Morgan fingerprint density at radius 1 is 1.47 bits per heavy atom. The summed E-state index contributed by atoms with van der Waals surface area (Å²) in [5.41, 5.74) is 8.37. The van der Waals surface area contributed by atoms with Gasteiger partial charge in [0.05, 0.1) is 11.8 Å². The van der Waals surface area contributed by atoms with Crippen LogP contribution in [0.4, 0.5) is 0 Å². The number of nitrogens with one attached hydrogen (secondary N) is 1. The third-order valence-electron chi connectivity index (χ3n) is 2.09. The van der Waals surface area contributed by atoms with E-state index in [2.05, 4.69) is 11.7 Å². The normalized spacial score (nSPS) is 10.8. The fraction of sp³-hybridized carbons (Fsp3) is 0.154. The summed E-state index contributed by atoms with van der Waals surface area (Å²) < 4.78 is 5.09. The molecule has 0 radical (unpaired) electrons. The molecule has 4 heteroatoms. The molecule has 0 aliphatic carbocycles. The van der Waals surface area contributed by atoms with Crippen LogP contribution in [0.1, 0.15) is 12.5 Å². The molecule has 0 aliphatic heterocycles. The number of hydrogen-bond acceptors (Lipinski definition) is 4. The van der Waals surface area contributed by atoms with Crippen LogP contribution in [0.15, 0.2) is 59.4 Å². The molecule has 0 aromatic heterocycles. The maximum Gasteiger partial charge on any atom is 0.340 e. The van der Waals surface area contributed by atoms with Gasteiger partial charge >= 0.3 is 5.97 Å². The highest BCUT2D eigenvalue weighted by Crippen LogP contribution is 2.11. The lowest BCUT2D eigenvalue weighted by molar-refractivity contribution is -0.140. The summed E-state index contributed by atoms with van der Waals surface area (Å²) >= 11 is 0. The molecule has 0 aliphatic rings. The molecule has 0 saturated carbocycles. The van der Waals surface area contributed by atoms with E-state index in [1.165, 1.54) is 0 Å². The SMILES string of the molecule is C=C(C)/C(=C\N=N)C(=O)OCc1ccccc1. The van der Waals surface area contributed by atoms with Gasteiger partial charge in [0.15, 0.2) is 0 Å². The third-order valence-corrected chi connectivity index (χ3v) is 2.09. The van der Waals surface area contributed by atoms with Gasteiger partial charge in [-0.05, 0) is 18.1 Å². The van der Waals surface area contributed by atoms with Gasteiger partial charge in [0.1, 0.15) is 6.61 Å². The second-order valence-corrected chi connectivity index (χ2v) is 3.51. The molecule has 0 fully saturated rings. The number of hydrogen-bond donors (Lipinski definition) is 1. The molecule has 1 rings (SSSR count). The van der Waals surface area contributed by atoms with Crippen LogP contribution >= 0.6 is 0 Å². The van der Waals surface area contributed by atoms with Gasteiger partial charge in [-0.25, -0.2) is 10.3 Å². The molecule has 17 heavy (non-hydrogen) atoms. The average Bonchev–Trinajstić information content (AvgIpc) is 2.34. The number of ether oxygens (including phenoxy) is 1. The van der Waals surface area contributed by atoms with Crippen molar-refractivity contribution in [2.24, 2.45) is 5.11 Å². The molecule has 0 amide bonds. The first kappa shape index (κ1) is 12.8. The first-order valence-electron chi connectivity index (χ1n) is 5.09. The van der Waals surface area contributed by atoms with Crippen LogP contribution in [0.25, 0.3) is 0 Å². The summed E-state index contributed by atoms with van der Waals surface area (Å²) in [5, 5.41) is 3.06. The van der Waals surface area contributed by atoms with Crippen LogP contribution in [0, 0.1) is 5.53 Å². The largest absolute Gasteiger partial charge is 0.457 e. The highest BCUT2D eigenvalue weighted by molar-refractivity contribution is 5.92. The summed E-state index contributed by atoms with van der Waals surface area (Å²) in [7, 11) is 0. The number of esters is 1. The first-order valence-corrected chi connectivity index (χ1v) is 5.09. The van der Waals surface area contributed by atoms with E-state index < -0.39 is 5.97 Å². The summed E-state index contributed by atoms with van der Waals surface area (Å²) in [4.78, 5) is 11.7. The van der Waals surface area contributed by atoms with E-state index in [9.17, 15) is 4.79 Å². The fourth-order valence-electron chi connectivity index (χ4n) is 1.20. The Hall–Kier alpha value is -2.23. The summed E-state index contributed by atoms with van der Waals surface area (Å²) in [6, 6.07) is 9.37. The van der Waals surface area contributed by atoms with Crippen molar-refractivity contribution in [3.63, 3.8) is 0 Å². The topological polar surface area (TPSA) is 62.5 Å². The van der Waals surface area contributed by atoms with Gasteiger partial charge in [-0.2, -0.15) is 5.11 Å². The minimum absolute atomic E-state index is 0.197. The zero-order chi connectivity index (χ0) is 12.7. The Morgan fingerprint density at radius 2 is 2.12 bits per heavy atom. The van der Waals surface area contributed by atoms with E-state index in [-0.39, 0.29) is 12.2 Å². The first-order chi connectivity index (χ1) is 8.15. The minimum atomic E-state index is -0.516. The highest BCUT2D eigenvalue weighted by atomic mass is 16.5. The monoisotopic (exact) mass is 230 g/mol. The molecule has 0 unspecified atom stereocenters. The van der Waals surface area contributed by atoms with E-state index in [0.29, 0.717) is 5.57 Å². The smallest absolute Gasteiger partial charge is 0.340 e. The molecule has 1 aromatic carbocycles. The van der Waals surface area contributed by atoms with Gasteiger partial charge < -0.3 is 4.74 Å². The number of carbonyl (C=O) groups excluding carboxylic acids is 1. The van der Waals surface area contributed by atoms with Crippen molar-refractivity contribution in [1.82, 2.24) is 0 Å². The van der Waals surface area contributed by atoms with Crippen LogP contribution in [0.3, 0.4) is 0 Å². The zero-order valence-electron chi connectivity index (χ0n) is 9.64. The van der Waals surface area contributed by atoms with Gasteiger partial charge in [0, 0.05) is 0 Å². The third kappa shape index (κ3) is 4.03. The van der Waals surface area contributed by atoms with Crippen molar-refractivity contribution in [3.8, 4) is 0 Å². The Morgan fingerprint density at radius 3 is 2.65 bits per heavy atom. The molecule has 4 nitrogen and oxygen atoms in total. The maximum atomic E-state index is 11.7. The lowest BCUT2D eigenvalue weighted by Gasteiger charge is -2.06. The quantitative estimate of drug-likeness (QED) is 0.365. The molecular weight excluding hydrogens is 216 g/mol. The summed E-state index contributed by atoms with van der Waals surface area (Å²) in [6.07, 6.45) is 1.13. The standard InChI is InChI=1S/C13H14N2O2/c1-10(2)12(8-15-14)13(16)17-9-11-6-4-3-5-7-11/h3-8,14H,1,9H2,2H3/b12-8+,15-14?. The van der Waals surface area contributed by atoms with Gasteiger partial charge in [-0.15, -0.1) is 0 Å². The van der Waals surface area contributed by atoms with Crippen molar-refractivity contribution in [1.29, 1.82) is 5.53 Å². The van der Waals surface area contributed by atoms with E-state index in [4.69, 9.17) is 10.3 Å². The number of carbonyl (C=O) groups is 1. The lowest BCUT2D eigenvalue weighted by atomic mass is 10.1. The van der Waals surface area contributed by atoms with Crippen molar-refractivity contribution < 1.29 is 9.53 Å². The van der Waals surface area contributed by atoms with Gasteiger partial charge in [0.2, 0.25) is 0 Å². The number of rotatable bonds is 5. The van der Waals surface area contributed by atoms with Crippen molar-refractivity contribution >= 4 is 5.97 Å². The average molecular weight is 230 g/mol. The molecular formula is C13H14N2O2. The number of benzene rings is 1. The molecule has 0 saturated heterocycles. The minimum Gasteiger partial charge on any atom is -0.457 e. The second-order valence-electron chi connectivity index (χ2n) is 3.51. The molecule has 88 valence electrons. The molecule has 1 aromatic rings. The molecule has 0 heterocycles. The van der Waals surface area contributed by atoms with E-state index in [0.717, 1.165) is 11.8 Å². The van der Waals surface area contributed by atoms with Crippen LogP contribution < -0.4 is 0 Å². The Bertz CT molecular complexity index is 450. The van der Waals surface area contributed by atoms with Crippen molar-refractivity contribution in [2.75, 3.05) is 0 Å². The molecule has 0 spiro atoms. The lowest BCUT2D eigenvalue weighted by Crippen LogP contribution is -2.08. The van der Waals surface area contributed by atoms with E-state index >= 15 is 0 Å². The maximum absolute atomic E-state index is 11.7. The Balaban J connectivity index is 2.63. The highest BCUT2D eigenvalue weighted by Gasteiger charge is 2.11. The van der Waals surface area contributed by atoms with Crippen molar-refractivity contribution in [3.05, 3.63) is 59.8 Å². The molecule has 1 N–H and O–H groups in total. The predicted octanol–water partition coefficient (Wildman–Crippen LogP) is 3.22. The van der Waals surface area contributed by atoms with Gasteiger partial charge in [-0.3, -0.25) is 0 Å². The van der Waals surface area contributed by atoms with Crippen molar-refractivity contribution in [2.45, 2.75) is 13.5 Å². The molecule has 0 atom stereocenters. The second kappa shape index (κ2) is 6.37. The van der Waals surface area contributed by atoms with Crippen LogP contribution in [0.2, 0.25) is 0 Å². The number of nitrogens with zero attached hydrogens (tertiary/aromatic N) is 1. The Labute approximate surface area is 100 Å².